The number of aliphatic hydroxyl groups is 1. The SMILES string of the molecule is Nc1ccn(CC(CO)CC(c2ccccc2)P(=O)(O)O)c(=O)n1.[Na]. The van der Waals surface area contributed by atoms with Crippen LogP contribution in [0.4, 0.5) is 5.82 Å². The summed E-state index contributed by atoms with van der Waals surface area (Å²) in [4.78, 5) is 34.7. The van der Waals surface area contributed by atoms with Crippen LogP contribution < -0.4 is 11.4 Å². The van der Waals surface area contributed by atoms with Crippen molar-refractivity contribution in [1.82, 2.24) is 9.55 Å². The second-order valence-electron chi connectivity index (χ2n) is 5.59. The van der Waals surface area contributed by atoms with Crippen molar-refractivity contribution in [3.63, 3.8) is 0 Å². The van der Waals surface area contributed by atoms with Gasteiger partial charge in [-0.05, 0) is 18.1 Å². The number of nitrogen functional groups attached to an aromatic ring is 1. The van der Waals surface area contributed by atoms with Gasteiger partial charge in [-0.1, -0.05) is 30.3 Å². The minimum atomic E-state index is -4.42. The van der Waals surface area contributed by atoms with Crippen LogP contribution in [0.5, 0.6) is 0 Å². The van der Waals surface area contributed by atoms with Crippen molar-refractivity contribution in [2.24, 2.45) is 5.92 Å². The van der Waals surface area contributed by atoms with Gasteiger partial charge in [0.2, 0.25) is 0 Å². The van der Waals surface area contributed by atoms with Gasteiger partial charge in [0, 0.05) is 54.8 Å². The van der Waals surface area contributed by atoms with Gasteiger partial charge in [-0.3, -0.25) is 9.13 Å². The maximum absolute atomic E-state index is 11.9. The van der Waals surface area contributed by atoms with Crippen molar-refractivity contribution in [2.75, 3.05) is 12.3 Å². The summed E-state index contributed by atoms with van der Waals surface area (Å²) in [7, 11) is -4.42. The summed E-state index contributed by atoms with van der Waals surface area (Å²) in [5.41, 5.74) is 4.30. The molecule has 2 unspecified atom stereocenters. The molecule has 0 amide bonds. The van der Waals surface area contributed by atoms with E-state index in [2.05, 4.69) is 4.98 Å². The Hall–Kier alpha value is -0.990. The molecular weight excluding hydrogens is 356 g/mol. The van der Waals surface area contributed by atoms with Crippen LogP contribution in [-0.2, 0) is 11.1 Å². The summed E-state index contributed by atoms with van der Waals surface area (Å²) in [5.74, 6) is -0.430. The van der Waals surface area contributed by atoms with Crippen molar-refractivity contribution in [2.45, 2.75) is 18.6 Å². The zero-order valence-electron chi connectivity index (χ0n) is 13.9. The summed E-state index contributed by atoms with van der Waals surface area (Å²) in [5, 5.41) is 9.58. The molecule has 131 valence electrons. The molecule has 1 heterocycles. The van der Waals surface area contributed by atoms with Gasteiger partial charge < -0.3 is 20.6 Å². The molecule has 25 heavy (non-hydrogen) atoms. The average molecular weight is 376 g/mol. The monoisotopic (exact) mass is 376 g/mol. The summed E-state index contributed by atoms with van der Waals surface area (Å²) in [6.07, 6.45) is 1.48. The van der Waals surface area contributed by atoms with E-state index in [9.17, 15) is 24.3 Å². The van der Waals surface area contributed by atoms with E-state index in [1.807, 2.05) is 0 Å². The first-order chi connectivity index (χ1) is 11.3. The van der Waals surface area contributed by atoms with Crippen molar-refractivity contribution < 1.29 is 19.5 Å². The second kappa shape index (κ2) is 9.64. The van der Waals surface area contributed by atoms with Crippen LogP contribution in [0.3, 0.4) is 0 Å². The zero-order valence-corrected chi connectivity index (χ0v) is 16.8. The second-order valence-corrected chi connectivity index (χ2v) is 7.39. The molecule has 1 aromatic heterocycles. The van der Waals surface area contributed by atoms with Crippen LogP contribution in [0, 0.1) is 5.92 Å². The van der Waals surface area contributed by atoms with Gasteiger partial charge in [0.15, 0.2) is 0 Å². The fourth-order valence-electron chi connectivity index (χ4n) is 2.52. The minimum Gasteiger partial charge on any atom is -0.396 e. The molecule has 0 saturated heterocycles. The molecule has 0 fully saturated rings. The molecule has 2 rings (SSSR count). The topological polar surface area (TPSA) is 139 Å². The van der Waals surface area contributed by atoms with E-state index < -0.39 is 24.9 Å². The quantitative estimate of drug-likeness (QED) is 0.404. The summed E-state index contributed by atoms with van der Waals surface area (Å²) in [6.45, 7) is -0.230. The van der Waals surface area contributed by atoms with Crippen LogP contribution in [0.15, 0.2) is 47.4 Å². The number of benzene rings is 1. The molecule has 0 aliphatic carbocycles. The van der Waals surface area contributed by atoms with Crippen molar-refractivity contribution in [3.8, 4) is 0 Å². The van der Waals surface area contributed by atoms with Gasteiger partial charge in [-0.25, -0.2) is 4.79 Å². The first-order valence-electron chi connectivity index (χ1n) is 7.35. The van der Waals surface area contributed by atoms with E-state index in [1.165, 1.54) is 16.8 Å². The molecular formula is C15H20N3NaO5P. The summed E-state index contributed by atoms with van der Waals surface area (Å²) < 4.78 is 13.1. The Bertz CT molecular complexity index is 780. The first-order valence-corrected chi connectivity index (χ1v) is 9.03. The molecule has 0 aliphatic rings. The number of aromatic nitrogens is 2. The van der Waals surface area contributed by atoms with E-state index in [0.29, 0.717) is 5.56 Å². The molecule has 5 N–H and O–H groups in total. The van der Waals surface area contributed by atoms with E-state index >= 15 is 0 Å². The molecule has 2 aromatic rings. The van der Waals surface area contributed by atoms with Crippen LogP contribution >= 0.6 is 7.60 Å². The third-order valence-electron chi connectivity index (χ3n) is 3.76. The number of nitrogens with zero attached hydrogens (tertiary/aromatic N) is 2. The molecule has 1 radical (unpaired) electrons. The van der Waals surface area contributed by atoms with E-state index in [4.69, 9.17) is 5.73 Å². The molecule has 1 aromatic carbocycles. The normalized spacial score (nSPS) is 13.7. The number of nitrogens with two attached hydrogens (primary N) is 1. The summed E-state index contributed by atoms with van der Waals surface area (Å²) in [6, 6.07) is 9.86. The first kappa shape index (κ1) is 22.1. The molecule has 8 nitrogen and oxygen atoms in total. The number of hydrogen-bond acceptors (Lipinski definition) is 5. The van der Waals surface area contributed by atoms with Crippen molar-refractivity contribution in [3.05, 3.63) is 58.6 Å². The van der Waals surface area contributed by atoms with Gasteiger partial charge in [0.1, 0.15) is 5.82 Å². The van der Waals surface area contributed by atoms with Crippen LogP contribution in [0.25, 0.3) is 0 Å². The Balaban J connectivity index is 0.00000312. The minimum absolute atomic E-state index is 0. The Labute approximate surface area is 167 Å². The van der Waals surface area contributed by atoms with Gasteiger partial charge in [-0.15, -0.1) is 0 Å². The Morgan fingerprint density at radius 2 is 1.84 bits per heavy atom. The standard InChI is InChI=1S/C15H20N3O5P.Na/c16-14-6-7-18(15(20)17-14)9-11(10-19)8-13(24(21,22)23)12-4-2-1-3-5-12;/h1-7,11,13,19H,8-10H2,(H2,16,17,20)(H2,21,22,23);. The number of anilines is 1. The zero-order chi connectivity index (χ0) is 17.7. The van der Waals surface area contributed by atoms with E-state index in [1.54, 1.807) is 30.3 Å². The number of rotatable bonds is 7. The smallest absolute Gasteiger partial charge is 0.349 e. The molecule has 0 bridgehead atoms. The van der Waals surface area contributed by atoms with Crippen LogP contribution in [-0.4, -0.2) is 60.6 Å². The number of aliphatic hydroxyl groups excluding tert-OH is 1. The average Bonchev–Trinajstić information content (AvgIpc) is 2.53. The third-order valence-corrected chi connectivity index (χ3v) is 5.08. The summed E-state index contributed by atoms with van der Waals surface area (Å²) >= 11 is 0. The Morgan fingerprint density at radius 1 is 1.20 bits per heavy atom. The van der Waals surface area contributed by atoms with Crippen molar-refractivity contribution in [1.29, 1.82) is 0 Å². The Kier molecular flexibility index (Phi) is 8.50. The maximum Gasteiger partial charge on any atom is 0.349 e. The molecule has 0 saturated carbocycles. The van der Waals surface area contributed by atoms with Gasteiger partial charge >= 0.3 is 13.3 Å². The molecule has 0 aliphatic heterocycles. The predicted molar refractivity (Wildman–Crippen MR) is 95.1 cm³/mol. The van der Waals surface area contributed by atoms with Crippen LogP contribution in [0.2, 0.25) is 0 Å². The van der Waals surface area contributed by atoms with Gasteiger partial charge in [0.05, 0.1) is 5.66 Å². The van der Waals surface area contributed by atoms with Crippen LogP contribution in [0.1, 0.15) is 17.6 Å². The fourth-order valence-corrected chi connectivity index (χ4v) is 3.66. The molecule has 0 spiro atoms. The molecule has 2 atom stereocenters. The fraction of sp³-hybridized carbons (Fsp3) is 0.333. The Morgan fingerprint density at radius 3 is 2.36 bits per heavy atom. The van der Waals surface area contributed by atoms with Gasteiger partial charge in [-0.2, -0.15) is 4.98 Å². The molecule has 10 heteroatoms. The number of hydrogen-bond donors (Lipinski definition) is 4. The van der Waals surface area contributed by atoms with Gasteiger partial charge in [0.25, 0.3) is 0 Å². The van der Waals surface area contributed by atoms with E-state index in [0.717, 1.165) is 0 Å². The van der Waals surface area contributed by atoms with E-state index in [-0.39, 0.29) is 54.9 Å². The maximum atomic E-state index is 11.9. The predicted octanol–water partition coefficient (Wildman–Crippen LogP) is 0.362. The van der Waals surface area contributed by atoms with Crippen molar-refractivity contribution >= 4 is 43.0 Å². The third kappa shape index (κ3) is 6.34. The largest absolute Gasteiger partial charge is 0.396 e.